The molecule has 0 bridgehead atoms. The molecule has 0 radical (unpaired) electrons. The standard InChI is InChI=1S/C19H33F2N5O2/c1-5-16(26-7-8-27-10-14(26)2)24-17(23-15(3)22-4)25-6-9-28-18(13-25)11-19(20,21)12-18/h14-15,22H,5-13H2,1-4H3/b23-17+,24-16+/t14-,15?/m0/s1. The number of hydrogen-bond donors (Lipinski definition) is 1. The van der Waals surface area contributed by atoms with E-state index in [2.05, 4.69) is 24.1 Å². The minimum Gasteiger partial charge on any atom is -0.377 e. The van der Waals surface area contributed by atoms with Gasteiger partial charge in [-0.15, -0.1) is 0 Å². The van der Waals surface area contributed by atoms with Crippen molar-refractivity contribution < 1.29 is 18.3 Å². The summed E-state index contributed by atoms with van der Waals surface area (Å²) >= 11 is 0. The molecule has 2 heterocycles. The van der Waals surface area contributed by atoms with E-state index >= 15 is 0 Å². The molecule has 9 heteroatoms. The normalized spacial score (nSPS) is 29.0. The van der Waals surface area contributed by atoms with Crippen molar-refractivity contribution in [2.24, 2.45) is 9.98 Å². The molecule has 2 atom stereocenters. The van der Waals surface area contributed by atoms with E-state index in [9.17, 15) is 8.78 Å². The summed E-state index contributed by atoms with van der Waals surface area (Å²) in [4.78, 5) is 13.9. The van der Waals surface area contributed by atoms with Crippen molar-refractivity contribution in [1.29, 1.82) is 0 Å². The van der Waals surface area contributed by atoms with Crippen LogP contribution >= 0.6 is 0 Å². The fourth-order valence-corrected chi connectivity index (χ4v) is 4.11. The van der Waals surface area contributed by atoms with E-state index in [4.69, 9.17) is 19.5 Å². The molecule has 28 heavy (non-hydrogen) atoms. The van der Waals surface area contributed by atoms with E-state index in [0.717, 1.165) is 18.8 Å². The Bertz CT molecular complexity index is 605. The zero-order valence-electron chi connectivity index (χ0n) is 17.4. The van der Waals surface area contributed by atoms with Crippen molar-refractivity contribution in [1.82, 2.24) is 15.1 Å². The number of amidine groups is 1. The van der Waals surface area contributed by atoms with Gasteiger partial charge in [0.25, 0.3) is 5.92 Å². The molecular formula is C19H33F2N5O2. The molecule has 0 aromatic heterocycles. The van der Waals surface area contributed by atoms with E-state index in [1.807, 2.05) is 18.9 Å². The summed E-state index contributed by atoms with van der Waals surface area (Å²) in [6.07, 6.45) is 0.192. The molecule has 7 nitrogen and oxygen atoms in total. The lowest BCUT2D eigenvalue weighted by Gasteiger charge is -2.52. The molecule has 3 aliphatic rings. The third-order valence-corrected chi connectivity index (χ3v) is 5.66. The molecule has 1 spiro atoms. The van der Waals surface area contributed by atoms with Crippen LogP contribution in [0.5, 0.6) is 0 Å². The second-order valence-corrected chi connectivity index (χ2v) is 8.06. The number of guanidine groups is 1. The monoisotopic (exact) mass is 401 g/mol. The Morgan fingerprint density at radius 3 is 2.64 bits per heavy atom. The third kappa shape index (κ3) is 4.80. The van der Waals surface area contributed by atoms with Crippen LogP contribution in [0.15, 0.2) is 9.98 Å². The van der Waals surface area contributed by atoms with Gasteiger partial charge in [0, 0.05) is 32.4 Å². The highest BCUT2D eigenvalue weighted by Gasteiger charge is 2.59. The van der Waals surface area contributed by atoms with E-state index in [-0.39, 0.29) is 25.0 Å². The summed E-state index contributed by atoms with van der Waals surface area (Å²) in [5.41, 5.74) is -0.778. The highest BCUT2D eigenvalue weighted by atomic mass is 19.3. The van der Waals surface area contributed by atoms with Gasteiger partial charge in [-0.25, -0.2) is 18.8 Å². The molecule has 2 saturated heterocycles. The number of hydrogen-bond acceptors (Lipinski definition) is 4. The summed E-state index contributed by atoms with van der Waals surface area (Å²) < 4.78 is 38.3. The van der Waals surface area contributed by atoms with Gasteiger partial charge in [-0.05, 0) is 20.9 Å². The van der Waals surface area contributed by atoms with Crippen molar-refractivity contribution >= 4 is 11.8 Å². The Morgan fingerprint density at radius 2 is 2.04 bits per heavy atom. The first kappa shape index (κ1) is 21.4. The van der Waals surface area contributed by atoms with Crippen molar-refractivity contribution in [3.8, 4) is 0 Å². The number of rotatable bonds is 3. The zero-order valence-corrected chi connectivity index (χ0v) is 17.4. The predicted octanol–water partition coefficient (Wildman–Crippen LogP) is 1.94. The van der Waals surface area contributed by atoms with Crippen molar-refractivity contribution in [3.63, 3.8) is 0 Å². The van der Waals surface area contributed by atoms with Crippen LogP contribution < -0.4 is 5.32 Å². The lowest BCUT2D eigenvalue weighted by molar-refractivity contribution is -0.245. The molecule has 1 saturated carbocycles. The predicted molar refractivity (Wildman–Crippen MR) is 105 cm³/mol. The number of halogens is 2. The average molecular weight is 402 g/mol. The molecule has 3 fully saturated rings. The van der Waals surface area contributed by atoms with Gasteiger partial charge in [-0.2, -0.15) is 0 Å². The maximum atomic E-state index is 13.5. The van der Waals surface area contributed by atoms with Gasteiger partial charge >= 0.3 is 0 Å². The van der Waals surface area contributed by atoms with Gasteiger partial charge in [0.1, 0.15) is 12.0 Å². The maximum absolute atomic E-state index is 13.5. The average Bonchev–Trinajstić information content (AvgIpc) is 2.64. The molecule has 1 unspecified atom stereocenters. The van der Waals surface area contributed by atoms with Gasteiger partial charge in [-0.1, -0.05) is 6.92 Å². The van der Waals surface area contributed by atoms with E-state index < -0.39 is 11.5 Å². The van der Waals surface area contributed by atoms with E-state index in [0.29, 0.717) is 38.9 Å². The number of ether oxygens (including phenoxy) is 2. The van der Waals surface area contributed by atoms with Crippen LogP contribution in [0.4, 0.5) is 8.78 Å². The molecule has 1 N–H and O–H groups in total. The number of aliphatic imine (C=N–C) groups is 2. The quantitative estimate of drug-likeness (QED) is 0.579. The molecule has 3 rings (SSSR count). The van der Waals surface area contributed by atoms with Crippen molar-refractivity contribution in [3.05, 3.63) is 0 Å². The topological polar surface area (TPSA) is 61.7 Å². The molecule has 2 aliphatic heterocycles. The molecule has 0 aromatic carbocycles. The Balaban J connectivity index is 1.83. The van der Waals surface area contributed by atoms with Crippen LogP contribution in [-0.2, 0) is 9.47 Å². The first-order valence-electron chi connectivity index (χ1n) is 10.2. The van der Waals surface area contributed by atoms with Gasteiger partial charge in [-0.3, -0.25) is 5.32 Å². The van der Waals surface area contributed by atoms with E-state index in [1.165, 1.54) is 0 Å². The second-order valence-electron chi connectivity index (χ2n) is 8.06. The summed E-state index contributed by atoms with van der Waals surface area (Å²) in [5, 5.41) is 3.11. The summed E-state index contributed by atoms with van der Waals surface area (Å²) in [6.45, 7) is 9.71. The Morgan fingerprint density at radius 1 is 1.29 bits per heavy atom. The highest BCUT2D eigenvalue weighted by Crippen LogP contribution is 2.49. The highest BCUT2D eigenvalue weighted by molar-refractivity contribution is 5.96. The number of alkyl halides is 2. The largest absolute Gasteiger partial charge is 0.377 e. The molecular weight excluding hydrogens is 368 g/mol. The van der Waals surface area contributed by atoms with Crippen molar-refractivity contribution in [2.45, 2.75) is 63.8 Å². The Kier molecular flexibility index (Phi) is 6.56. The molecule has 0 aromatic rings. The fourth-order valence-electron chi connectivity index (χ4n) is 4.11. The van der Waals surface area contributed by atoms with Crippen LogP contribution in [0, 0.1) is 0 Å². The Labute approximate surface area is 166 Å². The minimum absolute atomic E-state index is 0.124. The summed E-state index contributed by atoms with van der Waals surface area (Å²) in [5.74, 6) is -1.08. The second kappa shape index (κ2) is 8.59. The fraction of sp³-hybridized carbons (Fsp3) is 0.895. The van der Waals surface area contributed by atoms with Crippen LogP contribution in [0.25, 0.3) is 0 Å². The number of morpholine rings is 2. The van der Waals surface area contributed by atoms with Gasteiger partial charge in [0.2, 0.25) is 5.96 Å². The summed E-state index contributed by atoms with van der Waals surface area (Å²) in [7, 11) is 1.84. The molecule has 160 valence electrons. The van der Waals surface area contributed by atoms with Crippen molar-refractivity contribution in [2.75, 3.05) is 46.5 Å². The molecule has 0 amide bonds. The van der Waals surface area contributed by atoms with Gasteiger partial charge in [0.15, 0.2) is 0 Å². The smallest absolute Gasteiger partial charge is 0.253 e. The SMILES string of the molecule is CC/C(=N\C(=N/C(C)NC)N1CCOC2(C1)CC(F)(F)C2)N1CCOC[C@@H]1C. The maximum Gasteiger partial charge on any atom is 0.253 e. The minimum atomic E-state index is -2.63. The molecule has 1 aliphatic carbocycles. The van der Waals surface area contributed by atoms with Crippen LogP contribution in [0.3, 0.4) is 0 Å². The summed E-state index contributed by atoms with van der Waals surface area (Å²) in [6, 6.07) is 0.247. The van der Waals surface area contributed by atoms with Gasteiger partial charge < -0.3 is 19.3 Å². The van der Waals surface area contributed by atoms with Crippen LogP contribution in [-0.4, -0.2) is 91.8 Å². The Hall–Kier alpha value is -1.32. The number of nitrogens with one attached hydrogen (secondary N) is 1. The van der Waals surface area contributed by atoms with Crippen LogP contribution in [0.2, 0.25) is 0 Å². The zero-order chi connectivity index (χ0) is 20.4. The van der Waals surface area contributed by atoms with E-state index in [1.54, 1.807) is 0 Å². The first-order valence-corrected chi connectivity index (χ1v) is 10.2. The van der Waals surface area contributed by atoms with Gasteiger partial charge in [0.05, 0.1) is 38.0 Å². The first-order chi connectivity index (χ1) is 13.3. The van der Waals surface area contributed by atoms with Crippen LogP contribution in [0.1, 0.15) is 40.0 Å². The third-order valence-electron chi connectivity index (χ3n) is 5.66. The lowest BCUT2D eigenvalue weighted by atomic mass is 9.75. The lowest BCUT2D eigenvalue weighted by Crippen LogP contribution is -2.63. The number of nitrogens with zero attached hydrogens (tertiary/aromatic N) is 4.